The summed E-state index contributed by atoms with van der Waals surface area (Å²) in [5.41, 5.74) is 1.52. The van der Waals surface area contributed by atoms with E-state index < -0.39 is 0 Å². The summed E-state index contributed by atoms with van der Waals surface area (Å²) in [7, 11) is 2.18. The molecule has 22 heavy (non-hydrogen) atoms. The predicted octanol–water partition coefficient (Wildman–Crippen LogP) is 2.01. The third-order valence-corrected chi connectivity index (χ3v) is 5.11. The van der Waals surface area contributed by atoms with Crippen LogP contribution in [0.2, 0.25) is 0 Å². The van der Waals surface area contributed by atoms with Gasteiger partial charge >= 0.3 is 0 Å². The Labute approximate surface area is 130 Å². The maximum Gasteiger partial charge on any atom is 0.292 e. The quantitative estimate of drug-likeness (QED) is 0.683. The van der Waals surface area contributed by atoms with E-state index in [2.05, 4.69) is 16.8 Å². The zero-order valence-corrected chi connectivity index (χ0v) is 12.9. The van der Waals surface area contributed by atoms with Gasteiger partial charge < -0.3 is 14.9 Å². The Morgan fingerprint density at radius 1 is 1.36 bits per heavy atom. The molecule has 0 aromatic heterocycles. The van der Waals surface area contributed by atoms with E-state index in [1.165, 1.54) is 18.9 Å². The minimum Gasteiger partial charge on any atom is -0.392 e. The largest absolute Gasteiger partial charge is 0.392 e. The van der Waals surface area contributed by atoms with Crippen LogP contribution in [0.1, 0.15) is 24.8 Å². The Kier molecular flexibility index (Phi) is 4.31. The summed E-state index contributed by atoms with van der Waals surface area (Å²) in [5, 5.41) is 20.6. The van der Waals surface area contributed by atoms with Gasteiger partial charge in [0.2, 0.25) is 0 Å². The molecule has 1 N–H and O–H groups in total. The van der Waals surface area contributed by atoms with Crippen LogP contribution in [0.4, 0.5) is 11.4 Å². The van der Waals surface area contributed by atoms with Crippen molar-refractivity contribution in [2.24, 2.45) is 5.92 Å². The lowest BCUT2D eigenvalue weighted by Gasteiger charge is -2.46. The van der Waals surface area contributed by atoms with Crippen LogP contribution in [-0.4, -0.2) is 47.7 Å². The normalized spacial score (nSPS) is 25.8. The number of nitro groups is 1. The van der Waals surface area contributed by atoms with Crippen molar-refractivity contribution in [1.29, 1.82) is 0 Å². The lowest BCUT2D eigenvalue weighted by molar-refractivity contribution is -0.384. The van der Waals surface area contributed by atoms with E-state index in [0.29, 0.717) is 17.6 Å². The molecule has 0 spiro atoms. The number of benzene rings is 1. The van der Waals surface area contributed by atoms with Crippen LogP contribution < -0.4 is 4.90 Å². The highest BCUT2D eigenvalue weighted by Gasteiger charge is 2.35. The summed E-state index contributed by atoms with van der Waals surface area (Å²) in [5.74, 6) is 0.574. The van der Waals surface area contributed by atoms with E-state index in [1.54, 1.807) is 12.1 Å². The van der Waals surface area contributed by atoms with E-state index in [4.69, 9.17) is 0 Å². The summed E-state index contributed by atoms with van der Waals surface area (Å²) in [6.45, 7) is 2.76. The molecule has 120 valence electrons. The highest BCUT2D eigenvalue weighted by atomic mass is 16.6. The summed E-state index contributed by atoms with van der Waals surface area (Å²) in [6.07, 6.45) is 3.44. The van der Waals surface area contributed by atoms with Crippen molar-refractivity contribution >= 4 is 11.4 Å². The Hall–Kier alpha value is -1.66. The molecule has 0 amide bonds. The van der Waals surface area contributed by atoms with Crippen molar-refractivity contribution in [3.8, 4) is 0 Å². The first kappa shape index (κ1) is 15.2. The van der Waals surface area contributed by atoms with Crippen LogP contribution in [0.5, 0.6) is 0 Å². The molecule has 0 bridgehead atoms. The summed E-state index contributed by atoms with van der Waals surface area (Å²) in [4.78, 5) is 15.6. The number of nitro benzene ring substituents is 1. The second-order valence-corrected chi connectivity index (χ2v) is 6.42. The summed E-state index contributed by atoms with van der Waals surface area (Å²) in [6, 6.07) is 5.51. The smallest absolute Gasteiger partial charge is 0.292 e. The van der Waals surface area contributed by atoms with Crippen molar-refractivity contribution in [2.45, 2.75) is 31.9 Å². The molecule has 6 heteroatoms. The Morgan fingerprint density at radius 3 is 2.91 bits per heavy atom. The Bertz CT molecular complexity index is 564. The number of aliphatic hydroxyl groups excluding tert-OH is 1. The van der Waals surface area contributed by atoms with Gasteiger partial charge in [-0.25, -0.2) is 0 Å². The average molecular weight is 305 g/mol. The second-order valence-electron chi connectivity index (χ2n) is 6.42. The molecule has 2 saturated heterocycles. The van der Waals surface area contributed by atoms with E-state index in [9.17, 15) is 15.2 Å². The standard InChI is InChI=1S/C16H23N3O3/c1-17-7-2-3-13-10-18(8-6-14(13)17)16-9-12(11-20)4-5-15(16)19(21)22/h4-5,9,13-14,20H,2-3,6-8,10-11H2,1H3. The van der Waals surface area contributed by atoms with E-state index in [0.717, 1.165) is 31.6 Å². The van der Waals surface area contributed by atoms with Gasteiger partial charge in [-0.3, -0.25) is 10.1 Å². The minimum atomic E-state index is -0.324. The van der Waals surface area contributed by atoms with Gasteiger partial charge in [-0.05, 0) is 56.5 Å². The molecule has 2 atom stereocenters. The first-order valence-corrected chi connectivity index (χ1v) is 7.93. The average Bonchev–Trinajstić information content (AvgIpc) is 2.54. The van der Waals surface area contributed by atoms with Crippen LogP contribution in [0.25, 0.3) is 0 Å². The molecule has 6 nitrogen and oxygen atoms in total. The SMILES string of the molecule is CN1CCCC2CN(c3cc(CO)ccc3[N+](=O)[O-])CCC21. The summed E-state index contributed by atoms with van der Waals surface area (Å²) < 4.78 is 0. The number of aliphatic hydroxyl groups is 1. The number of anilines is 1. The third kappa shape index (κ3) is 2.80. The number of likely N-dealkylation sites (tertiary alicyclic amines) is 1. The molecule has 3 rings (SSSR count). The van der Waals surface area contributed by atoms with Crippen LogP contribution in [-0.2, 0) is 6.61 Å². The highest BCUT2D eigenvalue weighted by molar-refractivity contribution is 5.64. The number of rotatable bonds is 3. The molecule has 2 fully saturated rings. The first-order valence-electron chi connectivity index (χ1n) is 7.93. The van der Waals surface area contributed by atoms with Crippen LogP contribution in [0.3, 0.4) is 0 Å². The van der Waals surface area contributed by atoms with E-state index in [1.807, 2.05) is 0 Å². The fourth-order valence-corrected chi connectivity index (χ4v) is 3.95. The number of nitrogens with zero attached hydrogens (tertiary/aromatic N) is 3. The van der Waals surface area contributed by atoms with Gasteiger partial charge in [0.15, 0.2) is 0 Å². The van der Waals surface area contributed by atoms with Crippen molar-refractivity contribution in [2.75, 3.05) is 31.6 Å². The van der Waals surface area contributed by atoms with Gasteiger partial charge in [-0.2, -0.15) is 0 Å². The molecule has 2 aliphatic heterocycles. The molecule has 1 aromatic rings. The van der Waals surface area contributed by atoms with E-state index in [-0.39, 0.29) is 17.2 Å². The van der Waals surface area contributed by atoms with Crippen molar-refractivity contribution < 1.29 is 10.0 Å². The predicted molar refractivity (Wildman–Crippen MR) is 85.0 cm³/mol. The Balaban J connectivity index is 1.86. The molecule has 0 radical (unpaired) electrons. The van der Waals surface area contributed by atoms with Crippen molar-refractivity contribution in [1.82, 2.24) is 4.90 Å². The zero-order chi connectivity index (χ0) is 15.7. The minimum absolute atomic E-state index is 0.0897. The van der Waals surface area contributed by atoms with Gasteiger partial charge in [0, 0.05) is 25.2 Å². The lowest BCUT2D eigenvalue weighted by atomic mass is 9.84. The summed E-state index contributed by atoms with van der Waals surface area (Å²) >= 11 is 0. The molecule has 2 aliphatic rings. The molecular weight excluding hydrogens is 282 g/mol. The van der Waals surface area contributed by atoms with Crippen molar-refractivity contribution in [3.05, 3.63) is 33.9 Å². The maximum atomic E-state index is 11.3. The molecule has 0 saturated carbocycles. The van der Waals surface area contributed by atoms with Crippen LogP contribution >= 0.6 is 0 Å². The maximum absolute atomic E-state index is 11.3. The highest BCUT2D eigenvalue weighted by Crippen LogP contribution is 2.36. The lowest BCUT2D eigenvalue weighted by Crippen LogP contribution is -2.52. The molecule has 2 unspecified atom stereocenters. The monoisotopic (exact) mass is 305 g/mol. The van der Waals surface area contributed by atoms with E-state index >= 15 is 0 Å². The fraction of sp³-hybridized carbons (Fsp3) is 0.625. The van der Waals surface area contributed by atoms with Gasteiger partial charge in [-0.1, -0.05) is 0 Å². The molecular formula is C16H23N3O3. The molecule has 1 aromatic carbocycles. The molecule has 2 heterocycles. The van der Waals surface area contributed by atoms with Gasteiger partial charge in [0.1, 0.15) is 5.69 Å². The Morgan fingerprint density at radius 2 is 2.18 bits per heavy atom. The number of piperidine rings is 2. The number of fused-ring (bicyclic) bond motifs is 1. The third-order valence-electron chi connectivity index (χ3n) is 5.11. The number of hydrogen-bond acceptors (Lipinski definition) is 5. The van der Waals surface area contributed by atoms with Gasteiger partial charge in [-0.15, -0.1) is 0 Å². The fourth-order valence-electron chi connectivity index (χ4n) is 3.95. The van der Waals surface area contributed by atoms with Crippen molar-refractivity contribution in [3.63, 3.8) is 0 Å². The zero-order valence-electron chi connectivity index (χ0n) is 12.9. The topological polar surface area (TPSA) is 69.8 Å². The van der Waals surface area contributed by atoms with Gasteiger partial charge in [0.05, 0.1) is 11.5 Å². The first-order chi connectivity index (χ1) is 10.6. The van der Waals surface area contributed by atoms with Gasteiger partial charge in [0.25, 0.3) is 5.69 Å². The molecule has 0 aliphatic carbocycles. The second kappa shape index (κ2) is 6.22. The van der Waals surface area contributed by atoms with Crippen LogP contribution in [0, 0.1) is 16.0 Å². The number of hydrogen-bond donors (Lipinski definition) is 1. The van der Waals surface area contributed by atoms with Crippen LogP contribution in [0.15, 0.2) is 18.2 Å².